The van der Waals surface area contributed by atoms with Gasteiger partial charge in [0, 0.05) is 28.9 Å². The standard InChI is InChI=1S/C22H19FN2O4/c1-28-21-10-15-13-6-3-5-9-19(13)29-20(15)11-17(21)25-22(27)24-12-18(26)14-7-2-4-8-16(14)23/h2-11,18,26H,12H2,1H3,(H2,24,25,27). The van der Waals surface area contributed by atoms with E-state index in [1.165, 1.54) is 25.3 Å². The Kier molecular flexibility index (Phi) is 5.05. The van der Waals surface area contributed by atoms with Crippen molar-refractivity contribution in [3.8, 4) is 5.75 Å². The van der Waals surface area contributed by atoms with Crippen LogP contribution in [0.4, 0.5) is 14.9 Å². The second kappa shape index (κ2) is 7.81. The quantitative estimate of drug-likeness (QED) is 0.462. The SMILES string of the molecule is COc1cc2c(cc1NC(=O)NCC(O)c1ccccc1F)oc1ccccc12. The van der Waals surface area contributed by atoms with E-state index in [4.69, 9.17) is 9.15 Å². The smallest absolute Gasteiger partial charge is 0.319 e. The molecule has 6 nitrogen and oxygen atoms in total. The number of urea groups is 1. The summed E-state index contributed by atoms with van der Waals surface area (Å²) < 4.78 is 25.0. The average molecular weight is 394 g/mol. The number of benzene rings is 3. The van der Waals surface area contributed by atoms with Crippen molar-refractivity contribution in [2.24, 2.45) is 0 Å². The van der Waals surface area contributed by atoms with Gasteiger partial charge in [-0.05, 0) is 18.2 Å². The lowest BCUT2D eigenvalue weighted by Crippen LogP contribution is -2.32. The van der Waals surface area contributed by atoms with Gasteiger partial charge in [-0.1, -0.05) is 36.4 Å². The number of anilines is 1. The van der Waals surface area contributed by atoms with Crippen molar-refractivity contribution < 1.29 is 23.4 Å². The number of halogens is 1. The van der Waals surface area contributed by atoms with Crippen molar-refractivity contribution in [2.45, 2.75) is 6.10 Å². The lowest BCUT2D eigenvalue weighted by atomic mass is 10.1. The molecular formula is C22H19FN2O4. The number of para-hydroxylation sites is 1. The van der Waals surface area contributed by atoms with E-state index in [1.54, 1.807) is 18.2 Å². The summed E-state index contributed by atoms with van der Waals surface area (Å²) in [5.41, 5.74) is 1.87. The van der Waals surface area contributed by atoms with Gasteiger partial charge >= 0.3 is 6.03 Å². The molecule has 0 saturated carbocycles. The molecule has 0 spiro atoms. The van der Waals surface area contributed by atoms with Crippen molar-refractivity contribution >= 4 is 33.7 Å². The normalized spacial score (nSPS) is 12.1. The highest BCUT2D eigenvalue weighted by Crippen LogP contribution is 2.36. The predicted molar refractivity (Wildman–Crippen MR) is 109 cm³/mol. The third-order valence-electron chi connectivity index (χ3n) is 4.67. The Morgan fingerprint density at radius 3 is 2.66 bits per heavy atom. The van der Waals surface area contributed by atoms with Crippen molar-refractivity contribution in [3.63, 3.8) is 0 Å². The number of furan rings is 1. The van der Waals surface area contributed by atoms with Crippen LogP contribution in [0.1, 0.15) is 11.7 Å². The maximum Gasteiger partial charge on any atom is 0.319 e. The molecule has 1 aromatic heterocycles. The number of amides is 2. The zero-order chi connectivity index (χ0) is 20.4. The zero-order valence-electron chi connectivity index (χ0n) is 15.6. The Balaban J connectivity index is 1.51. The first-order chi connectivity index (χ1) is 14.1. The summed E-state index contributed by atoms with van der Waals surface area (Å²) in [5.74, 6) is -0.0620. The molecule has 0 radical (unpaired) electrons. The van der Waals surface area contributed by atoms with E-state index in [9.17, 15) is 14.3 Å². The third-order valence-corrected chi connectivity index (χ3v) is 4.67. The number of ether oxygens (including phenoxy) is 1. The minimum Gasteiger partial charge on any atom is -0.495 e. The van der Waals surface area contributed by atoms with E-state index in [2.05, 4.69) is 10.6 Å². The molecule has 1 unspecified atom stereocenters. The van der Waals surface area contributed by atoms with Gasteiger partial charge in [-0.2, -0.15) is 0 Å². The molecule has 3 N–H and O–H groups in total. The summed E-state index contributed by atoms with van der Waals surface area (Å²) in [5, 5.41) is 17.1. The van der Waals surface area contributed by atoms with Crippen LogP contribution in [0.3, 0.4) is 0 Å². The fourth-order valence-electron chi connectivity index (χ4n) is 3.23. The first-order valence-electron chi connectivity index (χ1n) is 9.03. The lowest BCUT2D eigenvalue weighted by Gasteiger charge is -2.14. The number of aliphatic hydroxyl groups is 1. The van der Waals surface area contributed by atoms with Crippen LogP contribution in [-0.2, 0) is 0 Å². The fourth-order valence-corrected chi connectivity index (χ4v) is 3.23. The fraction of sp³-hybridized carbons (Fsp3) is 0.136. The number of hydrogen-bond acceptors (Lipinski definition) is 4. The molecule has 0 bridgehead atoms. The molecule has 0 fully saturated rings. The third kappa shape index (κ3) is 3.72. The molecule has 4 aromatic rings. The molecule has 0 aliphatic heterocycles. The molecule has 1 heterocycles. The molecule has 3 aromatic carbocycles. The number of fused-ring (bicyclic) bond motifs is 3. The first kappa shape index (κ1) is 18.8. The molecule has 0 saturated heterocycles. The summed E-state index contributed by atoms with van der Waals surface area (Å²) in [4.78, 5) is 12.3. The van der Waals surface area contributed by atoms with Gasteiger partial charge in [0.05, 0.1) is 18.9 Å². The van der Waals surface area contributed by atoms with Crippen molar-refractivity contribution in [1.82, 2.24) is 5.32 Å². The molecule has 7 heteroatoms. The molecule has 2 amide bonds. The van der Waals surface area contributed by atoms with Gasteiger partial charge in [0.1, 0.15) is 22.7 Å². The van der Waals surface area contributed by atoms with Gasteiger partial charge in [-0.25, -0.2) is 9.18 Å². The maximum atomic E-state index is 13.7. The summed E-state index contributed by atoms with van der Waals surface area (Å²) in [6.45, 7) is -0.151. The average Bonchev–Trinajstić information content (AvgIpc) is 3.09. The number of rotatable bonds is 5. The molecule has 0 aliphatic rings. The van der Waals surface area contributed by atoms with E-state index < -0.39 is 18.0 Å². The van der Waals surface area contributed by atoms with Gasteiger partial charge < -0.3 is 24.9 Å². The molecule has 29 heavy (non-hydrogen) atoms. The van der Waals surface area contributed by atoms with E-state index in [0.29, 0.717) is 17.0 Å². The first-order valence-corrected chi connectivity index (χ1v) is 9.03. The number of carbonyl (C=O) groups excluding carboxylic acids is 1. The van der Waals surface area contributed by atoms with Gasteiger partial charge in [-0.3, -0.25) is 0 Å². The largest absolute Gasteiger partial charge is 0.495 e. The minimum absolute atomic E-state index is 0.120. The molecule has 1 atom stereocenters. The second-order valence-corrected chi connectivity index (χ2v) is 6.52. The van der Waals surface area contributed by atoms with E-state index >= 15 is 0 Å². The number of carbonyl (C=O) groups is 1. The monoisotopic (exact) mass is 394 g/mol. The van der Waals surface area contributed by atoms with Gasteiger partial charge in [0.15, 0.2) is 0 Å². The zero-order valence-corrected chi connectivity index (χ0v) is 15.6. The van der Waals surface area contributed by atoms with Gasteiger partial charge in [-0.15, -0.1) is 0 Å². The van der Waals surface area contributed by atoms with Crippen LogP contribution in [0, 0.1) is 5.82 Å². The minimum atomic E-state index is -1.17. The number of methoxy groups -OCH3 is 1. The van der Waals surface area contributed by atoms with Crippen LogP contribution in [0.15, 0.2) is 65.1 Å². The molecule has 148 valence electrons. The maximum absolute atomic E-state index is 13.7. The topological polar surface area (TPSA) is 83.7 Å². The van der Waals surface area contributed by atoms with Crippen molar-refractivity contribution in [3.05, 3.63) is 72.0 Å². The number of aliphatic hydroxyl groups excluding tert-OH is 1. The van der Waals surface area contributed by atoms with Gasteiger partial charge in [0.25, 0.3) is 0 Å². The van der Waals surface area contributed by atoms with E-state index in [-0.39, 0.29) is 12.1 Å². The van der Waals surface area contributed by atoms with E-state index in [0.717, 1.165) is 16.4 Å². The summed E-state index contributed by atoms with van der Waals surface area (Å²) in [6, 6.07) is 16.4. The van der Waals surface area contributed by atoms with Crippen LogP contribution in [0.5, 0.6) is 5.75 Å². The van der Waals surface area contributed by atoms with Crippen LogP contribution in [0.2, 0.25) is 0 Å². The van der Waals surface area contributed by atoms with E-state index in [1.807, 2.05) is 24.3 Å². The summed E-state index contributed by atoms with van der Waals surface area (Å²) in [6.07, 6.45) is -1.17. The Bertz CT molecular complexity index is 1190. The summed E-state index contributed by atoms with van der Waals surface area (Å²) in [7, 11) is 1.51. The molecule has 4 rings (SSSR count). The highest BCUT2D eigenvalue weighted by atomic mass is 19.1. The predicted octanol–water partition coefficient (Wildman–Crippen LogP) is 4.59. The number of hydrogen-bond donors (Lipinski definition) is 3. The second-order valence-electron chi connectivity index (χ2n) is 6.52. The molecular weight excluding hydrogens is 375 g/mol. The Hall–Kier alpha value is -3.58. The van der Waals surface area contributed by atoms with Crippen LogP contribution < -0.4 is 15.4 Å². The van der Waals surface area contributed by atoms with Crippen LogP contribution in [0.25, 0.3) is 21.9 Å². The Morgan fingerprint density at radius 2 is 1.86 bits per heavy atom. The lowest BCUT2D eigenvalue weighted by molar-refractivity contribution is 0.170. The highest BCUT2D eigenvalue weighted by molar-refractivity contribution is 6.07. The Labute approximate surface area is 165 Å². The number of nitrogens with one attached hydrogen (secondary N) is 2. The van der Waals surface area contributed by atoms with Crippen molar-refractivity contribution in [2.75, 3.05) is 19.0 Å². The highest BCUT2D eigenvalue weighted by Gasteiger charge is 2.16. The van der Waals surface area contributed by atoms with Crippen LogP contribution >= 0.6 is 0 Å². The van der Waals surface area contributed by atoms with Crippen molar-refractivity contribution in [1.29, 1.82) is 0 Å². The molecule has 0 aliphatic carbocycles. The Morgan fingerprint density at radius 1 is 1.10 bits per heavy atom. The summed E-state index contributed by atoms with van der Waals surface area (Å²) >= 11 is 0. The van der Waals surface area contributed by atoms with Gasteiger partial charge in [0.2, 0.25) is 0 Å². The van der Waals surface area contributed by atoms with Crippen LogP contribution in [-0.4, -0.2) is 24.8 Å².